The molecule has 0 unspecified atom stereocenters. The van der Waals surface area contributed by atoms with Gasteiger partial charge in [-0.2, -0.15) is 5.10 Å². The van der Waals surface area contributed by atoms with Crippen molar-refractivity contribution in [2.24, 2.45) is 0 Å². The molecule has 1 aromatic heterocycles. The number of benzene rings is 1. The molecule has 1 N–H and O–H groups in total. The number of hydrogen-bond acceptors (Lipinski definition) is 3. The lowest BCUT2D eigenvalue weighted by molar-refractivity contribution is 0.607. The second-order valence-corrected chi connectivity index (χ2v) is 6.01. The van der Waals surface area contributed by atoms with Crippen LogP contribution in [0.25, 0.3) is 5.69 Å². The molecule has 2 rings (SSSR count). The lowest BCUT2D eigenvalue weighted by Crippen LogP contribution is -2.09. The Labute approximate surface area is 107 Å². The van der Waals surface area contributed by atoms with Gasteiger partial charge >= 0.3 is 0 Å². The highest BCUT2D eigenvalue weighted by Crippen LogP contribution is 2.16. The lowest BCUT2D eigenvalue weighted by atomic mass is 10.3. The molecule has 0 atom stereocenters. The summed E-state index contributed by atoms with van der Waals surface area (Å²) in [6, 6.07) is 9.07. The van der Waals surface area contributed by atoms with Crippen molar-refractivity contribution in [1.29, 1.82) is 0 Å². The van der Waals surface area contributed by atoms with E-state index in [1.807, 2.05) is 36.7 Å². The van der Waals surface area contributed by atoms with Gasteiger partial charge in [-0.1, -0.05) is 0 Å². The molecule has 6 heteroatoms. The van der Waals surface area contributed by atoms with E-state index in [9.17, 15) is 8.42 Å². The van der Waals surface area contributed by atoms with E-state index in [-0.39, 0.29) is 0 Å². The Morgan fingerprint density at radius 2 is 1.78 bits per heavy atom. The fourth-order valence-electron chi connectivity index (χ4n) is 1.78. The van der Waals surface area contributed by atoms with Gasteiger partial charge in [0.15, 0.2) is 0 Å². The zero-order chi connectivity index (χ0) is 13.3. The minimum Gasteiger partial charge on any atom is -0.284 e. The molecular formula is C12H15N3O2S. The van der Waals surface area contributed by atoms with Crippen molar-refractivity contribution in [2.75, 3.05) is 11.0 Å². The average Bonchev–Trinajstić information content (AvgIpc) is 2.57. The van der Waals surface area contributed by atoms with Crippen molar-refractivity contribution in [2.45, 2.75) is 13.8 Å². The van der Waals surface area contributed by atoms with Crippen LogP contribution in [-0.4, -0.2) is 24.5 Å². The Bertz CT molecular complexity index is 657. The third-order valence-corrected chi connectivity index (χ3v) is 3.03. The van der Waals surface area contributed by atoms with Crippen LogP contribution in [0.1, 0.15) is 11.4 Å². The minimum atomic E-state index is -3.23. The van der Waals surface area contributed by atoms with Gasteiger partial charge in [-0.05, 0) is 44.2 Å². The number of aryl methyl sites for hydroxylation is 2. The molecule has 5 nitrogen and oxygen atoms in total. The highest BCUT2D eigenvalue weighted by molar-refractivity contribution is 7.92. The molecule has 0 radical (unpaired) electrons. The summed E-state index contributed by atoms with van der Waals surface area (Å²) in [5, 5.41) is 4.36. The van der Waals surface area contributed by atoms with Crippen molar-refractivity contribution in [3.63, 3.8) is 0 Å². The maximum absolute atomic E-state index is 11.1. The highest BCUT2D eigenvalue weighted by atomic mass is 32.2. The second kappa shape index (κ2) is 4.45. The Morgan fingerprint density at radius 3 is 2.22 bits per heavy atom. The average molecular weight is 265 g/mol. The molecular weight excluding hydrogens is 250 g/mol. The summed E-state index contributed by atoms with van der Waals surface area (Å²) < 4.78 is 26.4. The first-order valence-corrected chi connectivity index (χ1v) is 7.36. The van der Waals surface area contributed by atoms with Gasteiger partial charge in [0.2, 0.25) is 10.0 Å². The first-order valence-electron chi connectivity index (χ1n) is 5.47. The maximum Gasteiger partial charge on any atom is 0.229 e. The Hall–Kier alpha value is -1.82. The molecule has 0 saturated carbocycles. The maximum atomic E-state index is 11.1. The standard InChI is InChI=1S/C12H15N3O2S/c1-9-8-10(2)15(13-9)12-6-4-11(5-7-12)14-18(3,16)17/h4-8,14H,1-3H3. The SMILES string of the molecule is Cc1cc(C)n(-c2ccc(NS(C)(=O)=O)cc2)n1. The molecule has 1 aromatic carbocycles. The van der Waals surface area contributed by atoms with E-state index < -0.39 is 10.0 Å². The van der Waals surface area contributed by atoms with Gasteiger partial charge in [0.05, 0.1) is 17.6 Å². The fraction of sp³-hybridized carbons (Fsp3) is 0.250. The third kappa shape index (κ3) is 2.89. The van der Waals surface area contributed by atoms with E-state index in [1.54, 1.807) is 12.1 Å². The summed E-state index contributed by atoms with van der Waals surface area (Å²) >= 11 is 0. The van der Waals surface area contributed by atoms with E-state index in [4.69, 9.17) is 0 Å². The summed E-state index contributed by atoms with van der Waals surface area (Å²) in [6.07, 6.45) is 1.13. The molecule has 0 spiro atoms. The van der Waals surface area contributed by atoms with Gasteiger partial charge < -0.3 is 0 Å². The molecule has 18 heavy (non-hydrogen) atoms. The Morgan fingerprint density at radius 1 is 1.17 bits per heavy atom. The second-order valence-electron chi connectivity index (χ2n) is 4.26. The van der Waals surface area contributed by atoms with E-state index >= 15 is 0 Å². The molecule has 0 saturated heterocycles. The van der Waals surface area contributed by atoms with Crippen molar-refractivity contribution in [1.82, 2.24) is 9.78 Å². The smallest absolute Gasteiger partial charge is 0.229 e. The number of hydrogen-bond donors (Lipinski definition) is 1. The molecule has 0 aliphatic heterocycles. The topological polar surface area (TPSA) is 64.0 Å². The molecule has 2 aromatic rings. The number of rotatable bonds is 3. The van der Waals surface area contributed by atoms with Gasteiger partial charge in [-0.3, -0.25) is 4.72 Å². The normalized spacial score (nSPS) is 11.5. The number of sulfonamides is 1. The van der Waals surface area contributed by atoms with Crippen molar-refractivity contribution >= 4 is 15.7 Å². The zero-order valence-electron chi connectivity index (χ0n) is 10.5. The summed E-state index contributed by atoms with van der Waals surface area (Å²) in [5.41, 5.74) is 3.43. The first-order chi connectivity index (χ1) is 8.35. The molecule has 96 valence electrons. The van der Waals surface area contributed by atoms with Gasteiger partial charge in [0.25, 0.3) is 0 Å². The monoisotopic (exact) mass is 265 g/mol. The van der Waals surface area contributed by atoms with Gasteiger partial charge in [-0.15, -0.1) is 0 Å². The van der Waals surface area contributed by atoms with Crippen LogP contribution in [-0.2, 0) is 10.0 Å². The van der Waals surface area contributed by atoms with E-state index in [0.29, 0.717) is 5.69 Å². The van der Waals surface area contributed by atoms with E-state index in [2.05, 4.69) is 9.82 Å². The minimum absolute atomic E-state index is 0.544. The molecule has 0 aliphatic carbocycles. The van der Waals surface area contributed by atoms with E-state index in [1.165, 1.54) is 0 Å². The third-order valence-electron chi connectivity index (χ3n) is 2.42. The van der Waals surface area contributed by atoms with Gasteiger partial charge in [0, 0.05) is 11.4 Å². The summed E-state index contributed by atoms with van der Waals surface area (Å²) in [4.78, 5) is 0. The van der Waals surface area contributed by atoms with Crippen LogP contribution in [0.2, 0.25) is 0 Å². The first kappa shape index (κ1) is 12.6. The molecule has 0 bridgehead atoms. The number of aromatic nitrogens is 2. The van der Waals surface area contributed by atoms with E-state index in [0.717, 1.165) is 23.3 Å². The van der Waals surface area contributed by atoms with Crippen LogP contribution in [0.5, 0.6) is 0 Å². The Kier molecular flexibility index (Phi) is 3.13. The quantitative estimate of drug-likeness (QED) is 0.921. The number of nitrogens with one attached hydrogen (secondary N) is 1. The summed E-state index contributed by atoms with van der Waals surface area (Å²) in [6.45, 7) is 3.91. The molecule has 0 aliphatic rings. The summed E-state index contributed by atoms with van der Waals surface area (Å²) in [7, 11) is -3.23. The van der Waals surface area contributed by atoms with Crippen LogP contribution in [0.3, 0.4) is 0 Å². The molecule has 0 fully saturated rings. The van der Waals surface area contributed by atoms with Crippen molar-refractivity contribution in [3.8, 4) is 5.69 Å². The van der Waals surface area contributed by atoms with Crippen molar-refractivity contribution in [3.05, 3.63) is 41.7 Å². The van der Waals surface area contributed by atoms with Crippen molar-refractivity contribution < 1.29 is 8.42 Å². The van der Waals surface area contributed by atoms with Crippen LogP contribution in [0.15, 0.2) is 30.3 Å². The summed E-state index contributed by atoms with van der Waals surface area (Å²) in [5.74, 6) is 0. The number of anilines is 1. The van der Waals surface area contributed by atoms with Crippen LogP contribution < -0.4 is 4.72 Å². The predicted molar refractivity (Wildman–Crippen MR) is 71.5 cm³/mol. The van der Waals surface area contributed by atoms with Crippen LogP contribution in [0.4, 0.5) is 5.69 Å². The largest absolute Gasteiger partial charge is 0.284 e. The van der Waals surface area contributed by atoms with Gasteiger partial charge in [0.1, 0.15) is 0 Å². The predicted octanol–water partition coefficient (Wildman–Crippen LogP) is 1.86. The lowest BCUT2D eigenvalue weighted by Gasteiger charge is -2.07. The molecule has 0 amide bonds. The van der Waals surface area contributed by atoms with Crippen LogP contribution >= 0.6 is 0 Å². The zero-order valence-corrected chi connectivity index (χ0v) is 11.3. The number of nitrogens with zero attached hydrogens (tertiary/aromatic N) is 2. The van der Waals surface area contributed by atoms with Gasteiger partial charge in [-0.25, -0.2) is 13.1 Å². The highest BCUT2D eigenvalue weighted by Gasteiger charge is 2.05. The van der Waals surface area contributed by atoms with Crippen LogP contribution in [0, 0.1) is 13.8 Å². The fourth-order valence-corrected chi connectivity index (χ4v) is 2.34. The Balaban J connectivity index is 2.30. The molecule has 1 heterocycles.